The molecule has 6 heteroatoms. The number of benzene rings is 2. The fourth-order valence-corrected chi connectivity index (χ4v) is 3.75. The first-order valence-electron chi connectivity index (χ1n) is 9.80. The molecule has 6 nitrogen and oxygen atoms in total. The number of aryl methyl sites for hydroxylation is 1. The average Bonchev–Trinajstić information content (AvgIpc) is 3.36. The highest BCUT2D eigenvalue weighted by Crippen LogP contribution is 2.30. The van der Waals surface area contributed by atoms with Crippen LogP contribution in [0, 0.1) is 12.8 Å². The van der Waals surface area contributed by atoms with Gasteiger partial charge in [-0.25, -0.2) is 4.98 Å². The summed E-state index contributed by atoms with van der Waals surface area (Å²) in [7, 11) is 0. The molecule has 1 aliphatic rings. The number of oxazole rings is 1. The average molecular weight is 392 g/mol. The maximum Gasteiger partial charge on any atom is 0.308 e. The third kappa shape index (κ3) is 4.32. The lowest BCUT2D eigenvalue weighted by atomic mass is 9.89. The number of rotatable bonds is 7. The summed E-state index contributed by atoms with van der Waals surface area (Å²) in [5.41, 5.74) is 2.82. The highest BCUT2D eigenvalue weighted by molar-refractivity contribution is 5.72. The first kappa shape index (κ1) is 19.2. The van der Waals surface area contributed by atoms with Crippen LogP contribution >= 0.6 is 0 Å². The number of hydrogen-bond acceptors (Lipinski definition) is 5. The van der Waals surface area contributed by atoms with Crippen LogP contribution in [0.15, 0.2) is 59.0 Å². The fourth-order valence-electron chi connectivity index (χ4n) is 3.75. The van der Waals surface area contributed by atoms with E-state index in [1.54, 1.807) is 0 Å². The molecular weight excluding hydrogens is 368 g/mol. The van der Waals surface area contributed by atoms with Crippen LogP contribution in [0.2, 0.25) is 0 Å². The molecule has 0 aliphatic carbocycles. The molecule has 0 saturated carbocycles. The summed E-state index contributed by atoms with van der Waals surface area (Å²) in [6.45, 7) is 3.55. The lowest BCUT2D eigenvalue weighted by Gasteiger charge is -2.16. The van der Waals surface area contributed by atoms with Crippen LogP contribution in [0.5, 0.6) is 5.75 Å². The molecule has 0 radical (unpaired) electrons. The topological polar surface area (TPSA) is 84.6 Å². The Balaban J connectivity index is 1.39. The highest BCUT2D eigenvalue weighted by atomic mass is 16.5. The monoisotopic (exact) mass is 392 g/mol. The molecule has 2 N–H and O–H groups in total. The van der Waals surface area contributed by atoms with E-state index in [1.807, 2.05) is 61.5 Å². The van der Waals surface area contributed by atoms with E-state index in [1.165, 1.54) is 0 Å². The summed E-state index contributed by atoms with van der Waals surface area (Å²) >= 11 is 0. The Kier molecular flexibility index (Phi) is 5.62. The van der Waals surface area contributed by atoms with Gasteiger partial charge in [-0.3, -0.25) is 4.79 Å². The van der Waals surface area contributed by atoms with Crippen molar-refractivity contribution >= 4 is 5.97 Å². The van der Waals surface area contributed by atoms with E-state index in [0.717, 1.165) is 28.3 Å². The molecule has 150 valence electrons. The van der Waals surface area contributed by atoms with Gasteiger partial charge >= 0.3 is 5.97 Å². The highest BCUT2D eigenvalue weighted by Gasteiger charge is 2.33. The third-order valence-electron chi connectivity index (χ3n) is 5.34. The summed E-state index contributed by atoms with van der Waals surface area (Å²) < 4.78 is 11.7. The van der Waals surface area contributed by atoms with Crippen LogP contribution in [0.25, 0.3) is 11.5 Å². The van der Waals surface area contributed by atoms with Gasteiger partial charge < -0.3 is 19.6 Å². The molecule has 1 aromatic heterocycles. The van der Waals surface area contributed by atoms with Crippen molar-refractivity contribution in [2.45, 2.75) is 19.3 Å². The van der Waals surface area contributed by atoms with E-state index in [2.05, 4.69) is 10.3 Å². The summed E-state index contributed by atoms with van der Waals surface area (Å²) in [4.78, 5) is 16.0. The number of carboxylic acid groups (broad SMARTS) is 1. The second-order valence-corrected chi connectivity index (χ2v) is 7.27. The number of aromatic nitrogens is 1. The Bertz CT molecular complexity index is 984. The van der Waals surface area contributed by atoms with Crippen LogP contribution in [0.4, 0.5) is 0 Å². The summed E-state index contributed by atoms with van der Waals surface area (Å²) in [6, 6.07) is 17.5. The van der Waals surface area contributed by atoms with Crippen LogP contribution in [0.3, 0.4) is 0 Å². The Morgan fingerprint density at radius 2 is 2.03 bits per heavy atom. The van der Waals surface area contributed by atoms with Crippen molar-refractivity contribution in [1.29, 1.82) is 0 Å². The Labute approximate surface area is 169 Å². The van der Waals surface area contributed by atoms with Crippen molar-refractivity contribution in [3.63, 3.8) is 0 Å². The van der Waals surface area contributed by atoms with Crippen LogP contribution in [-0.4, -0.2) is 35.8 Å². The van der Waals surface area contributed by atoms with Crippen LogP contribution in [0.1, 0.15) is 22.9 Å². The minimum atomic E-state index is -0.762. The van der Waals surface area contributed by atoms with Gasteiger partial charge in [0.15, 0.2) is 0 Å². The van der Waals surface area contributed by atoms with E-state index >= 15 is 0 Å². The van der Waals surface area contributed by atoms with E-state index in [0.29, 0.717) is 32.0 Å². The van der Waals surface area contributed by atoms with Gasteiger partial charge in [0.05, 0.1) is 18.2 Å². The van der Waals surface area contributed by atoms with Crippen molar-refractivity contribution in [2.75, 3.05) is 19.7 Å². The molecule has 2 heterocycles. The van der Waals surface area contributed by atoms with Gasteiger partial charge in [0, 0.05) is 31.0 Å². The first-order chi connectivity index (χ1) is 14.1. The summed E-state index contributed by atoms with van der Waals surface area (Å²) in [6.07, 6.45) is 0.634. The third-order valence-corrected chi connectivity index (χ3v) is 5.34. The summed E-state index contributed by atoms with van der Waals surface area (Å²) in [5, 5.41) is 12.6. The van der Waals surface area contributed by atoms with Gasteiger partial charge in [-0.15, -0.1) is 0 Å². The van der Waals surface area contributed by atoms with Gasteiger partial charge in [-0.1, -0.05) is 30.3 Å². The Morgan fingerprint density at radius 3 is 2.83 bits per heavy atom. The molecule has 1 saturated heterocycles. The van der Waals surface area contributed by atoms with Crippen LogP contribution < -0.4 is 10.1 Å². The Morgan fingerprint density at radius 1 is 1.21 bits per heavy atom. The number of hydrogen-bond donors (Lipinski definition) is 2. The van der Waals surface area contributed by atoms with Crippen molar-refractivity contribution in [3.8, 4) is 17.2 Å². The van der Waals surface area contributed by atoms with Gasteiger partial charge in [0.25, 0.3) is 0 Å². The van der Waals surface area contributed by atoms with Crippen LogP contribution in [-0.2, 0) is 11.2 Å². The molecule has 2 atom stereocenters. The normalized spacial score (nSPS) is 18.7. The number of aliphatic carboxylic acids is 1. The minimum Gasteiger partial charge on any atom is -0.493 e. The molecule has 1 aliphatic heterocycles. The number of carbonyl (C=O) groups is 1. The van der Waals surface area contributed by atoms with Gasteiger partial charge in [-0.05, 0) is 36.8 Å². The maximum atomic E-state index is 11.4. The molecule has 3 aromatic rings. The van der Waals surface area contributed by atoms with Crippen molar-refractivity contribution in [3.05, 3.63) is 71.6 Å². The van der Waals surface area contributed by atoms with Gasteiger partial charge in [0.1, 0.15) is 11.5 Å². The molecule has 1 fully saturated rings. The molecule has 2 aromatic carbocycles. The zero-order valence-electron chi connectivity index (χ0n) is 16.3. The smallest absolute Gasteiger partial charge is 0.308 e. The molecule has 0 unspecified atom stereocenters. The number of carboxylic acids is 1. The molecular formula is C23H24N2O4. The molecule has 0 spiro atoms. The Hall–Kier alpha value is -3.12. The zero-order chi connectivity index (χ0) is 20.2. The van der Waals surface area contributed by atoms with Crippen molar-refractivity contribution in [2.24, 2.45) is 5.92 Å². The molecule has 0 bridgehead atoms. The minimum absolute atomic E-state index is 0.0396. The molecule has 0 amide bonds. The lowest BCUT2D eigenvalue weighted by molar-refractivity contribution is -0.141. The first-order valence-corrected chi connectivity index (χ1v) is 9.80. The fraction of sp³-hybridized carbons (Fsp3) is 0.304. The largest absolute Gasteiger partial charge is 0.493 e. The predicted molar refractivity (Wildman–Crippen MR) is 109 cm³/mol. The van der Waals surface area contributed by atoms with E-state index in [9.17, 15) is 9.90 Å². The second kappa shape index (κ2) is 8.49. The quantitative estimate of drug-likeness (QED) is 0.638. The number of nitrogens with zero attached hydrogens (tertiary/aromatic N) is 1. The predicted octanol–water partition coefficient (Wildman–Crippen LogP) is 3.66. The van der Waals surface area contributed by atoms with E-state index in [-0.39, 0.29) is 5.92 Å². The standard InChI is InChI=1S/C23H24N2O4/c1-15-21(25-22(29-15)16-6-3-2-4-7-16)10-11-28-18-9-5-8-17(12-18)19-13-24-14-20(19)23(26)27/h2-9,12,19-20,24H,10-11,13-14H2,1H3,(H,26,27)/t19-,20+/m0/s1. The maximum absolute atomic E-state index is 11.4. The zero-order valence-corrected chi connectivity index (χ0v) is 16.3. The van der Waals surface area contributed by atoms with Gasteiger partial charge in [0.2, 0.25) is 5.89 Å². The van der Waals surface area contributed by atoms with E-state index < -0.39 is 11.9 Å². The van der Waals surface area contributed by atoms with Crippen molar-refractivity contribution < 1.29 is 19.1 Å². The van der Waals surface area contributed by atoms with E-state index in [4.69, 9.17) is 9.15 Å². The second-order valence-electron chi connectivity index (χ2n) is 7.27. The molecule has 29 heavy (non-hydrogen) atoms. The van der Waals surface area contributed by atoms with Gasteiger partial charge in [-0.2, -0.15) is 0 Å². The molecule has 4 rings (SSSR count). The number of ether oxygens (including phenoxy) is 1. The summed E-state index contributed by atoms with van der Waals surface area (Å²) in [5.74, 6) is 0.947. The van der Waals surface area contributed by atoms with Crippen molar-refractivity contribution in [1.82, 2.24) is 10.3 Å². The lowest BCUT2D eigenvalue weighted by Crippen LogP contribution is -2.21. The SMILES string of the molecule is Cc1oc(-c2ccccc2)nc1CCOc1cccc([C@@H]2CNC[C@H]2C(=O)O)c1. The number of nitrogens with one attached hydrogen (secondary N) is 1.